The molecule has 2 aliphatic rings. The van der Waals surface area contributed by atoms with Crippen molar-refractivity contribution in [1.82, 2.24) is 0 Å². The molecule has 0 aromatic carbocycles. The van der Waals surface area contributed by atoms with Crippen LogP contribution in [0.5, 0.6) is 0 Å². The Labute approximate surface area is 111 Å². The molecular formula is C15H16O4. The quantitative estimate of drug-likeness (QED) is 0.558. The zero-order chi connectivity index (χ0) is 14.3. The zero-order valence-electron chi connectivity index (χ0n) is 10.7. The Balaban J connectivity index is 2.59. The van der Waals surface area contributed by atoms with Gasteiger partial charge in [-0.05, 0) is 0 Å². The van der Waals surface area contributed by atoms with Gasteiger partial charge in [0.15, 0.2) is 5.78 Å². The molecule has 0 atom stereocenters. The fraction of sp³-hybridized carbons (Fsp3) is 0.467. The lowest BCUT2D eigenvalue weighted by molar-refractivity contribution is -0.149. The first-order chi connectivity index (χ1) is 8.89. The molecule has 0 unspecified atom stereocenters. The SMILES string of the molecule is C=CC1(C=C)C(=O)CC(=O)CC12CC(=O)CC(=O)C2. The Hall–Kier alpha value is -1.84. The number of rotatable bonds is 2. The molecule has 4 heteroatoms. The van der Waals surface area contributed by atoms with Crippen molar-refractivity contribution in [2.24, 2.45) is 10.8 Å². The van der Waals surface area contributed by atoms with Crippen LogP contribution in [-0.4, -0.2) is 23.1 Å². The molecule has 0 aromatic rings. The van der Waals surface area contributed by atoms with Crippen LogP contribution in [0.25, 0.3) is 0 Å². The summed E-state index contributed by atoms with van der Waals surface area (Å²) < 4.78 is 0. The second kappa shape index (κ2) is 4.37. The number of carbonyl (C=O) groups excluding carboxylic acids is 4. The topological polar surface area (TPSA) is 68.3 Å². The molecule has 2 fully saturated rings. The Morgan fingerprint density at radius 3 is 1.63 bits per heavy atom. The number of hydrogen-bond acceptors (Lipinski definition) is 4. The first kappa shape index (κ1) is 13.6. The molecule has 0 N–H and O–H groups in total. The highest BCUT2D eigenvalue weighted by Gasteiger charge is 2.59. The third-order valence-electron chi connectivity index (χ3n) is 4.34. The number of hydrogen-bond donors (Lipinski definition) is 0. The van der Waals surface area contributed by atoms with Crippen LogP contribution < -0.4 is 0 Å². The lowest BCUT2D eigenvalue weighted by atomic mass is 9.50. The molecule has 1 spiro atoms. The summed E-state index contributed by atoms with van der Waals surface area (Å²) in [6.45, 7) is 7.35. The fourth-order valence-electron chi connectivity index (χ4n) is 3.53. The maximum Gasteiger partial charge on any atom is 0.154 e. The van der Waals surface area contributed by atoms with E-state index in [4.69, 9.17) is 0 Å². The molecule has 2 aliphatic carbocycles. The van der Waals surface area contributed by atoms with Crippen LogP contribution in [0.15, 0.2) is 25.3 Å². The zero-order valence-corrected chi connectivity index (χ0v) is 10.7. The summed E-state index contributed by atoms with van der Waals surface area (Å²) in [4.78, 5) is 47.6. The van der Waals surface area contributed by atoms with Gasteiger partial charge in [0.1, 0.15) is 17.3 Å². The van der Waals surface area contributed by atoms with E-state index in [1.807, 2.05) is 0 Å². The Kier molecular flexibility index (Phi) is 3.12. The molecule has 2 rings (SSSR count). The van der Waals surface area contributed by atoms with Gasteiger partial charge in [-0.2, -0.15) is 0 Å². The molecule has 0 saturated heterocycles. The Bertz CT molecular complexity index is 472. The standard InChI is InChI=1S/C15H16O4/c1-3-15(4-2)13(19)6-12(18)9-14(15)7-10(16)5-11(17)8-14/h3-4H,1-2,5-9H2. The van der Waals surface area contributed by atoms with Crippen LogP contribution in [0.1, 0.15) is 32.1 Å². The molecule has 100 valence electrons. The van der Waals surface area contributed by atoms with Gasteiger partial charge >= 0.3 is 0 Å². The van der Waals surface area contributed by atoms with E-state index in [9.17, 15) is 19.2 Å². The summed E-state index contributed by atoms with van der Waals surface area (Å²) in [5.41, 5.74) is -2.12. The predicted octanol–water partition coefficient (Wildman–Crippen LogP) is 1.59. The van der Waals surface area contributed by atoms with Crippen LogP contribution in [0.3, 0.4) is 0 Å². The van der Waals surface area contributed by atoms with E-state index < -0.39 is 10.8 Å². The van der Waals surface area contributed by atoms with E-state index in [0.29, 0.717) is 0 Å². The smallest absolute Gasteiger partial charge is 0.154 e. The highest BCUT2D eigenvalue weighted by Crippen LogP contribution is 2.55. The van der Waals surface area contributed by atoms with Gasteiger partial charge in [0.2, 0.25) is 0 Å². The molecule has 0 aliphatic heterocycles. The summed E-state index contributed by atoms with van der Waals surface area (Å²) in [7, 11) is 0. The van der Waals surface area contributed by atoms with Crippen molar-refractivity contribution in [3.05, 3.63) is 25.3 Å². The van der Waals surface area contributed by atoms with E-state index >= 15 is 0 Å². The highest BCUT2D eigenvalue weighted by atomic mass is 16.2. The molecule has 0 radical (unpaired) electrons. The normalized spacial score (nSPS) is 25.5. The average Bonchev–Trinajstić information content (AvgIpc) is 2.27. The van der Waals surface area contributed by atoms with E-state index in [1.54, 1.807) is 0 Å². The molecule has 2 saturated carbocycles. The van der Waals surface area contributed by atoms with Gasteiger partial charge in [0.05, 0.1) is 18.3 Å². The summed E-state index contributed by atoms with van der Waals surface area (Å²) in [6.07, 6.45) is 2.80. The molecule has 0 aromatic heterocycles. The van der Waals surface area contributed by atoms with Gasteiger partial charge in [0.25, 0.3) is 0 Å². The van der Waals surface area contributed by atoms with Gasteiger partial charge in [-0.1, -0.05) is 12.2 Å². The van der Waals surface area contributed by atoms with Crippen molar-refractivity contribution in [2.45, 2.75) is 32.1 Å². The third-order valence-corrected chi connectivity index (χ3v) is 4.34. The number of carbonyl (C=O) groups is 4. The monoisotopic (exact) mass is 260 g/mol. The van der Waals surface area contributed by atoms with Crippen LogP contribution in [0.4, 0.5) is 0 Å². The first-order valence-corrected chi connectivity index (χ1v) is 6.25. The molecule has 0 heterocycles. The van der Waals surface area contributed by atoms with Crippen molar-refractivity contribution < 1.29 is 19.2 Å². The predicted molar refractivity (Wildman–Crippen MR) is 68.4 cm³/mol. The number of ketones is 4. The molecular weight excluding hydrogens is 244 g/mol. The fourth-order valence-corrected chi connectivity index (χ4v) is 3.53. The van der Waals surface area contributed by atoms with E-state index in [2.05, 4.69) is 13.2 Å². The first-order valence-electron chi connectivity index (χ1n) is 6.25. The van der Waals surface area contributed by atoms with Gasteiger partial charge < -0.3 is 0 Å². The van der Waals surface area contributed by atoms with Crippen molar-refractivity contribution >= 4 is 23.1 Å². The van der Waals surface area contributed by atoms with Crippen molar-refractivity contribution in [3.63, 3.8) is 0 Å². The van der Waals surface area contributed by atoms with Gasteiger partial charge in [-0.25, -0.2) is 0 Å². The van der Waals surface area contributed by atoms with Crippen molar-refractivity contribution in [3.8, 4) is 0 Å². The van der Waals surface area contributed by atoms with Gasteiger partial charge in [0, 0.05) is 24.7 Å². The van der Waals surface area contributed by atoms with E-state index in [-0.39, 0.29) is 55.2 Å². The summed E-state index contributed by atoms with van der Waals surface area (Å²) >= 11 is 0. The molecule has 4 nitrogen and oxygen atoms in total. The maximum atomic E-state index is 12.3. The second-order valence-corrected chi connectivity index (χ2v) is 5.48. The Morgan fingerprint density at radius 2 is 1.21 bits per heavy atom. The maximum absolute atomic E-state index is 12.3. The molecule has 0 bridgehead atoms. The minimum atomic E-state index is -1.15. The van der Waals surface area contributed by atoms with Crippen molar-refractivity contribution in [2.75, 3.05) is 0 Å². The Morgan fingerprint density at radius 1 is 0.789 bits per heavy atom. The second-order valence-electron chi connectivity index (χ2n) is 5.48. The van der Waals surface area contributed by atoms with Crippen LogP contribution in [0, 0.1) is 10.8 Å². The largest absolute Gasteiger partial charge is 0.299 e. The third kappa shape index (κ3) is 1.82. The molecule has 0 amide bonds. The summed E-state index contributed by atoms with van der Waals surface area (Å²) in [6, 6.07) is 0. The minimum Gasteiger partial charge on any atom is -0.299 e. The highest BCUT2D eigenvalue weighted by molar-refractivity contribution is 6.10. The van der Waals surface area contributed by atoms with Gasteiger partial charge in [-0.3, -0.25) is 19.2 Å². The van der Waals surface area contributed by atoms with Crippen LogP contribution in [-0.2, 0) is 19.2 Å². The lowest BCUT2D eigenvalue weighted by Crippen LogP contribution is -2.54. The molecule has 19 heavy (non-hydrogen) atoms. The summed E-state index contributed by atoms with van der Waals surface area (Å²) in [5, 5.41) is 0. The van der Waals surface area contributed by atoms with E-state index in [0.717, 1.165) is 0 Å². The summed E-state index contributed by atoms with van der Waals surface area (Å²) in [5.74, 6) is -0.957. The van der Waals surface area contributed by atoms with Gasteiger partial charge in [-0.15, -0.1) is 13.2 Å². The number of allylic oxidation sites excluding steroid dienone is 2. The average molecular weight is 260 g/mol. The van der Waals surface area contributed by atoms with E-state index in [1.165, 1.54) is 12.2 Å². The number of Topliss-reactive ketones (excluding diaryl/α,β-unsaturated/α-hetero) is 4. The minimum absolute atomic E-state index is 0.0637. The van der Waals surface area contributed by atoms with Crippen molar-refractivity contribution in [1.29, 1.82) is 0 Å². The van der Waals surface area contributed by atoms with Crippen LogP contribution in [0.2, 0.25) is 0 Å². The lowest BCUT2D eigenvalue weighted by Gasteiger charge is -2.50. The van der Waals surface area contributed by atoms with Crippen LogP contribution >= 0.6 is 0 Å².